The number of nitrogens with two attached hydrogens (primary N) is 1. The van der Waals surface area contributed by atoms with E-state index in [0.29, 0.717) is 5.69 Å². The summed E-state index contributed by atoms with van der Waals surface area (Å²) in [6.07, 6.45) is 4.90. The summed E-state index contributed by atoms with van der Waals surface area (Å²) in [5.74, 6) is 1.51. The van der Waals surface area contributed by atoms with Gasteiger partial charge in [0.15, 0.2) is 5.82 Å². The van der Waals surface area contributed by atoms with Gasteiger partial charge in [-0.3, -0.25) is 9.29 Å². The number of anilines is 3. The number of nitrogens with zero attached hydrogens (tertiary/aromatic N) is 3. The number of imidazole rings is 1. The molecule has 0 amide bonds. The second-order valence-electron chi connectivity index (χ2n) is 11.6. The van der Waals surface area contributed by atoms with Gasteiger partial charge in [-0.2, -0.15) is 0 Å². The zero-order valence-electron chi connectivity index (χ0n) is 24.3. The van der Waals surface area contributed by atoms with Crippen LogP contribution in [0.15, 0.2) is 126 Å². The van der Waals surface area contributed by atoms with Crippen molar-refractivity contribution in [1.82, 2.24) is 14.5 Å². The largest absolute Gasteiger partial charge is 0.338 e. The predicted octanol–water partition coefficient (Wildman–Crippen LogP) is 7.46. The lowest BCUT2D eigenvalue weighted by Crippen LogP contribution is -2.43. The summed E-state index contributed by atoms with van der Waals surface area (Å²) < 4.78 is 30.8. The summed E-state index contributed by atoms with van der Waals surface area (Å²) >= 11 is 0. The van der Waals surface area contributed by atoms with E-state index in [2.05, 4.69) is 49.9 Å². The van der Waals surface area contributed by atoms with Crippen LogP contribution in [0, 0.1) is 0 Å². The average Bonchev–Trinajstić information content (AvgIpc) is 3.39. The van der Waals surface area contributed by atoms with Crippen LogP contribution in [0.4, 0.5) is 17.2 Å². The molecule has 8 nitrogen and oxygen atoms in total. The van der Waals surface area contributed by atoms with Crippen molar-refractivity contribution in [1.29, 1.82) is 0 Å². The molecule has 2 aliphatic rings. The third-order valence-corrected chi connectivity index (χ3v) is 10.2. The lowest BCUT2D eigenvalue weighted by Gasteiger charge is -2.38. The molecule has 0 spiro atoms. The number of sulfonamides is 1. The number of para-hydroxylation sites is 1. The van der Waals surface area contributed by atoms with Gasteiger partial charge in [-0.05, 0) is 73.4 Å². The molecule has 2 aromatic heterocycles. The van der Waals surface area contributed by atoms with Gasteiger partial charge in [0.05, 0.1) is 27.7 Å². The Labute approximate surface area is 261 Å². The molecule has 1 saturated carbocycles. The first-order valence-corrected chi connectivity index (χ1v) is 16.4. The number of hydrogen-bond donors (Lipinski definition) is 3. The monoisotopic (exact) mass is 610 g/mol. The Bertz CT molecular complexity index is 2150. The first-order valence-electron chi connectivity index (χ1n) is 14.9. The maximum atomic E-state index is 13.0. The van der Waals surface area contributed by atoms with Crippen molar-refractivity contribution in [3.8, 4) is 39.6 Å². The van der Waals surface area contributed by atoms with Gasteiger partial charge in [0.2, 0.25) is 0 Å². The highest BCUT2D eigenvalue weighted by Crippen LogP contribution is 2.45. The molecule has 6 aromatic rings. The molecule has 1 aliphatic carbocycles. The van der Waals surface area contributed by atoms with Crippen molar-refractivity contribution in [2.24, 2.45) is 5.73 Å². The fourth-order valence-electron chi connectivity index (χ4n) is 6.21. The molecule has 1 aliphatic heterocycles. The third-order valence-electron chi connectivity index (χ3n) is 8.77. The second kappa shape index (κ2) is 10.4. The lowest BCUT2D eigenvalue weighted by atomic mass is 9.72. The number of hydrogen-bond acceptors (Lipinski definition) is 6. The van der Waals surface area contributed by atoms with Crippen LogP contribution in [0.1, 0.15) is 24.8 Å². The van der Waals surface area contributed by atoms with Gasteiger partial charge in [0, 0.05) is 34.1 Å². The zero-order chi connectivity index (χ0) is 30.6. The van der Waals surface area contributed by atoms with E-state index in [1.807, 2.05) is 42.5 Å². The summed E-state index contributed by atoms with van der Waals surface area (Å²) in [6.45, 7) is 0. The van der Waals surface area contributed by atoms with Gasteiger partial charge < -0.3 is 11.1 Å². The molecule has 0 saturated heterocycles. The molecule has 45 heavy (non-hydrogen) atoms. The van der Waals surface area contributed by atoms with E-state index >= 15 is 0 Å². The van der Waals surface area contributed by atoms with Crippen LogP contribution in [-0.4, -0.2) is 23.0 Å². The molecule has 8 rings (SSSR count). The standard InChI is InChI=1S/C36H30N6O2S/c37-36(21-7-22-36)26-17-13-25(14-18-26)33-32(24-15-19-27(20-16-24)41-45(43,44)28-8-2-1-3-9-28)40-35-29-10-4-5-11-30(29)39-34-31(42(33)35)12-6-23-38-34/h1-6,8-20,23,41H,7,21-22,37H2,(H,38,39). The van der Waals surface area contributed by atoms with Gasteiger partial charge in [-0.1, -0.05) is 66.7 Å². The molecule has 1 fully saturated rings. The highest BCUT2D eigenvalue weighted by Gasteiger charge is 2.34. The minimum absolute atomic E-state index is 0.207. The number of aromatic nitrogens is 3. The molecule has 0 radical (unpaired) electrons. The predicted molar refractivity (Wildman–Crippen MR) is 178 cm³/mol. The first-order chi connectivity index (χ1) is 21.9. The van der Waals surface area contributed by atoms with Crippen molar-refractivity contribution in [2.45, 2.75) is 29.7 Å². The topological polar surface area (TPSA) is 115 Å². The maximum absolute atomic E-state index is 13.0. The van der Waals surface area contributed by atoms with Crippen molar-refractivity contribution >= 4 is 27.2 Å². The fourth-order valence-corrected chi connectivity index (χ4v) is 7.29. The van der Waals surface area contributed by atoms with Crippen LogP contribution in [0.3, 0.4) is 0 Å². The smallest absolute Gasteiger partial charge is 0.261 e. The number of benzene rings is 4. The molecule has 0 atom stereocenters. The van der Waals surface area contributed by atoms with E-state index in [4.69, 9.17) is 10.7 Å². The molecule has 0 unspecified atom stereocenters. The molecule has 3 heterocycles. The Morgan fingerprint density at radius 3 is 2.24 bits per heavy atom. The minimum atomic E-state index is -3.72. The van der Waals surface area contributed by atoms with Crippen LogP contribution >= 0.6 is 0 Å². The van der Waals surface area contributed by atoms with E-state index in [-0.39, 0.29) is 10.4 Å². The number of pyridine rings is 1. The van der Waals surface area contributed by atoms with E-state index in [1.54, 1.807) is 48.7 Å². The Hall–Kier alpha value is -5.25. The Morgan fingerprint density at radius 2 is 1.51 bits per heavy atom. The first kappa shape index (κ1) is 27.3. The highest BCUT2D eigenvalue weighted by atomic mass is 32.2. The summed E-state index contributed by atoms with van der Waals surface area (Å²) in [6, 6.07) is 36.2. The number of fused-ring (bicyclic) bond motifs is 5. The molecular formula is C36H30N6O2S. The highest BCUT2D eigenvalue weighted by molar-refractivity contribution is 7.92. The van der Waals surface area contributed by atoms with Crippen molar-refractivity contribution in [2.75, 3.05) is 10.0 Å². The second-order valence-corrected chi connectivity index (χ2v) is 13.3. The lowest BCUT2D eigenvalue weighted by molar-refractivity contribution is 0.253. The zero-order valence-corrected chi connectivity index (χ0v) is 25.1. The van der Waals surface area contributed by atoms with Crippen LogP contribution in [0.25, 0.3) is 39.6 Å². The van der Waals surface area contributed by atoms with E-state index in [0.717, 1.165) is 75.9 Å². The van der Waals surface area contributed by atoms with Crippen molar-refractivity contribution < 1.29 is 8.42 Å². The van der Waals surface area contributed by atoms with E-state index < -0.39 is 10.0 Å². The molecule has 222 valence electrons. The maximum Gasteiger partial charge on any atom is 0.261 e. The van der Waals surface area contributed by atoms with Gasteiger partial charge in [0.1, 0.15) is 5.82 Å². The fraction of sp³-hybridized carbons (Fsp3) is 0.111. The number of rotatable bonds is 6. The minimum Gasteiger partial charge on any atom is -0.338 e. The van der Waals surface area contributed by atoms with Crippen molar-refractivity contribution in [3.63, 3.8) is 0 Å². The summed E-state index contributed by atoms with van der Waals surface area (Å²) in [5, 5.41) is 3.51. The summed E-state index contributed by atoms with van der Waals surface area (Å²) in [4.78, 5) is 10.2. The Balaban J connectivity index is 1.29. The number of nitrogens with one attached hydrogen (secondary N) is 2. The normalized spacial score (nSPS) is 14.6. The summed E-state index contributed by atoms with van der Waals surface area (Å²) in [5.41, 5.74) is 14.3. The van der Waals surface area contributed by atoms with Crippen LogP contribution in [0.5, 0.6) is 0 Å². The third kappa shape index (κ3) is 4.68. The van der Waals surface area contributed by atoms with Crippen LogP contribution < -0.4 is 15.8 Å². The van der Waals surface area contributed by atoms with Gasteiger partial charge >= 0.3 is 0 Å². The van der Waals surface area contributed by atoms with Crippen LogP contribution in [-0.2, 0) is 15.6 Å². The van der Waals surface area contributed by atoms with Crippen molar-refractivity contribution in [3.05, 3.63) is 127 Å². The SMILES string of the molecule is NC1(c2ccc(-c3c(-c4ccc(NS(=O)(=O)c5ccccc5)cc4)nc4n3-c3cccnc3Nc3ccccc3-4)cc2)CCC1. The molecule has 4 aromatic carbocycles. The van der Waals surface area contributed by atoms with Gasteiger partial charge in [-0.25, -0.2) is 18.4 Å². The molecule has 9 heteroatoms. The van der Waals surface area contributed by atoms with Gasteiger partial charge in [-0.15, -0.1) is 0 Å². The average molecular weight is 611 g/mol. The molecular weight excluding hydrogens is 581 g/mol. The van der Waals surface area contributed by atoms with Gasteiger partial charge in [0.25, 0.3) is 10.0 Å². The Kier molecular flexibility index (Phi) is 6.33. The quantitative estimate of drug-likeness (QED) is 0.180. The van der Waals surface area contributed by atoms with E-state index in [1.165, 1.54) is 0 Å². The molecule has 0 bridgehead atoms. The van der Waals surface area contributed by atoms with Crippen LogP contribution in [0.2, 0.25) is 0 Å². The van der Waals surface area contributed by atoms with E-state index in [9.17, 15) is 8.42 Å². The summed E-state index contributed by atoms with van der Waals surface area (Å²) in [7, 11) is -3.72. The Morgan fingerprint density at radius 1 is 0.800 bits per heavy atom. The molecule has 4 N–H and O–H groups in total.